The third-order valence-corrected chi connectivity index (χ3v) is 4.95. The lowest BCUT2D eigenvalue weighted by molar-refractivity contribution is -0.274. The fourth-order valence-electron chi connectivity index (χ4n) is 3.44. The smallest absolute Gasteiger partial charge is 0.406 e. The van der Waals surface area contributed by atoms with E-state index >= 15 is 0 Å². The van der Waals surface area contributed by atoms with Crippen molar-refractivity contribution in [3.63, 3.8) is 0 Å². The molecule has 3 aromatic rings. The van der Waals surface area contributed by atoms with Crippen LogP contribution in [0.25, 0.3) is 11.3 Å². The highest BCUT2D eigenvalue weighted by molar-refractivity contribution is 5.60. The molecule has 1 aromatic heterocycles. The minimum Gasteiger partial charge on any atom is -0.406 e. The second kappa shape index (κ2) is 8.25. The first-order valence-corrected chi connectivity index (χ1v) is 9.55. The first-order chi connectivity index (χ1) is 14.4. The quantitative estimate of drug-likeness (QED) is 0.649. The van der Waals surface area contributed by atoms with E-state index in [1.54, 1.807) is 6.07 Å². The largest absolute Gasteiger partial charge is 0.573 e. The number of halogens is 3. The molecule has 4 nitrogen and oxygen atoms in total. The van der Waals surface area contributed by atoms with Crippen LogP contribution in [0.2, 0.25) is 0 Å². The molecule has 4 rings (SSSR count). The molecule has 0 saturated heterocycles. The van der Waals surface area contributed by atoms with Gasteiger partial charge in [-0.25, -0.2) is 4.98 Å². The number of hydrogen-bond donors (Lipinski definition) is 1. The molecule has 30 heavy (non-hydrogen) atoms. The summed E-state index contributed by atoms with van der Waals surface area (Å²) in [6.07, 6.45) is -0.931. The predicted molar refractivity (Wildman–Crippen MR) is 106 cm³/mol. The number of ether oxygens (including phenoxy) is 1. The molecule has 0 bridgehead atoms. The number of rotatable bonds is 3. The summed E-state index contributed by atoms with van der Waals surface area (Å²) >= 11 is 0. The van der Waals surface area contributed by atoms with Crippen molar-refractivity contribution in [3.8, 4) is 28.8 Å². The van der Waals surface area contributed by atoms with E-state index in [2.05, 4.69) is 21.1 Å². The van der Waals surface area contributed by atoms with Gasteiger partial charge in [0.2, 0.25) is 0 Å². The maximum atomic E-state index is 12.3. The van der Waals surface area contributed by atoms with E-state index in [9.17, 15) is 18.3 Å². The third-order valence-electron chi connectivity index (χ3n) is 4.95. The molecule has 1 N–H and O–H groups in total. The second-order valence-electron chi connectivity index (χ2n) is 7.18. The summed E-state index contributed by atoms with van der Waals surface area (Å²) in [7, 11) is 0. The van der Waals surface area contributed by atoms with Crippen molar-refractivity contribution in [2.45, 2.75) is 25.7 Å². The molecule has 0 radical (unpaired) electrons. The number of fused-ring (bicyclic) bond motifs is 1. The maximum absolute atomic E-state index is 12.3. The van der Waals surface area contributed by atoms with Gasteiger partial charge in [-0.05, 0) is 36.8 Å². The number of imidazole rings is 1. The van der Waals surface area contributed by atoms with Gasteiger partial charge in [-0.2, -0.15) is 0 Å². The summed E-state index contributed by atoms with van der Waals surface area (Å²) in [5.41, 5.74) is 3.01. The lowest BCUT2D eigenvalue weighted by Crippen LogP contribution is -2.22. The predicted octanol–water partition coefficient (Wildman–Crippen LogP) is 4.40. The molecule has 0 spiro atoms. The molecule has 0 aliphatic carbocycles. The maximum Gasteiger partial charge on any atom is 0.573 e. The van der Waals surface area contributed by atoms with E-state index in [-0.39, 0.29) is 18.3 Å². The SMILES string of the molecule is OCC1CCc2nc(-c3ccc(C#Cc4cccc(OC(F)(F)F)c4)cc3)cn2C1. The normalized spacial score (nSPS) is 15.8. The van der Waals surface area contributed by atoms with E-state index in [1.807, 2.05) is 30.5 Å². The van der Waals surface area contributed by atoms with Crippen LogP contribution >= 0.6 is 0 Å². The minimum absolute atomic E-state index is 0.186. The number of aliphatic hydroxyl groups is 1. The van der Waals surface area contributed by atoms with Gasteiger partial charge in [-0.3, -0.25) is 0 Å². The Balaban J connectivity index is 1.48. The van der Waals surface area contributed by atoms with Crippen molar-refractivity contribution in [2.75, 3.05) is 6.61 Å². The number of hydrogen-bond acceptors (Lipinski definition) is 3. The minimum atomic E-state index is -4.73. The van der Waals surface area contributed by atoms with Crippen LogP contribution in [0.3, 0.4) is 0 Å². The Kier molecular flexibility index (Phi) is 5.51. The summed E-state index contributed by atoms with van der Waals surface area (Å²) in [4.78, 5) is 4.69. The Morgan fingerprint density at radius 1 is 1.10 bits per heavy atom. The molecular weight excluding hydrogens is 393 g/mol. The molecular formula is C23H19F3N2O2. The molecule has 1 unspecified atom stereocenters. The summed E-state index contributed by atoms with van der Waals surface area (Å²) in [6, 6.07) is 13.1. The lowest BCUT2D eigenvalue weighted by Gasteiger charge is -2.21. The van der Waals surface area contributed by atoms with Crippen LogP contribution < -0.4 is 4.74 Å². The topological polar surface area (TPSA) is 47.3 Å². The molecule has 0 amide bonds. The molecule has 2 aromatic carbocycles. The Labute approximate surface area is 172 Å². The average molecular weight is 412 g/mol. The number of alkyl halides is 3. The number of aromatic nitrogens is 2. The number of aliphatic hydroxyl groups excluding tert-OH is 1. The van der Waals surface area contributed by atoms with E-state index in [0.29, 0.717) is 5.56 Å². The highest BCUT2D eigenvalue weighted by Crippen LogP contribution is 2.25. The second-order valence-corrected chi connectivity index (χ2v) is 7.18. The van der Waals surface area contributed by atoms with Crippen LogP contribution in [0.1, 0.15) is 23.4 Å². The Hall–Kier alpha value is -3.24. The van der Waals surface area contributed by atoms with Crippen molar-refractivity contribution in [1.29, 1.82) is 0 Å². The summed E-state index contributed by atoms with van der Waals surface area (Å²) in [5, 5.41) is 9.37. The molecule has 0 saturated carbocycles. The van der Waals surface area contributed by atoms with Crippen LogP contribution in [0.4, 0.5) is 13.2 Å². The molecule has 1 atom stereocenters. The van der Waals surface area contributed by atoms with E-state index in [4.69, 9.17) is 4.98 Å². The standard InChI is InChI=1S/C23H19F3N2O2/c24-23(25,26)30-20-3-1-2-17(12-20)5-4-16-6-9-19(10-7-16)21-14-28-13-18(15-29)8-11-22(28)27-21/h1-3,6-7,9-10,12,14,18,29H,8,11,13,15H2. The first-order valence-electron chi connectivity index (χ1n) is 9.55. The zero-order chi connectivity index (χ0) is 21.1. The zero-order valence-corrected chi connectivity index (χ0v) is 16.0. The third kappa shape index (κ3) is 4.84. The van der Waals surface area contributed by atoms with Crippen molar-refractivity contribution in [2.24, 2.45) is 5.92 Å². The lowest BCUT2D eigenvalue weighted by atomic mass is 10.0. The number of nitrogens with zero attached hydrogens (tertiary/aromatic N) is 2. The Morgan fingerprint density at radius 3 is 2.60 bits per heavy atom. The van der Waals surface area contributed by atoms with Gasteiger partial charge in [-0.1, -0.05) is 30.0 Å². The van der Waals surface area contributed by atoms with Gasteiger partial charge in [-0.15, -0.1) is 13.2 Å². The fraction of sp³-hybridized carbons (Fsp3) is 0.261. The Morgan fingerprint density at radius 2 is 1.87 bits per heavy atom. The summed E-state index contributed by atoms with van der Waals surface area (Å²) in [6.45, 7) is 0.963. The van der Waals surface area contributed by atoms with Crippen LogP contribution in [0, 0.1) is 17.8 Å². The highest BCUT2D eigenvalue weighted by atomic mass is 19.4. The summed E-state index contributed by atoms with van der Waals surface area (Å²) < 4.78 is 43.0. The van der Waals surface area contributed by atoms with Crippen LogP contribution in [-0.4, -0.2) is 27.6 Å². The zero-order valence-electron chi connectivity index (χ0n) is 16.0. The molecule has 0 fully saturated rings. The van der Waals surface area contributed by atoms with Crippen LogP contribution in [0.5, 0.6) is 5.75 Å². The van der Waals surface area contributed by atoms with Gasteiger partial charge in [0, 0.05) is 48.4 Å². The Bertz CT molecular complexity index is 1090. The monoisotopic (exact) mass is 412 g/mol. The van der Waals surface area contributed by atoms with Gasteiger partial charge in [0.1, 0.15) is 11.6 Å². The van der Waals surface area contributed by atoms with Gasteiger partial charge in [0.15, 0.2) is 0 Å². The van der Waals surface area contributed by atoms with Crippen molar-refractivity contribution >= 4 is 0 Å². The van der Waals surface area contributed by atoms with E-state index in [0.717, 1.165) is 42.0 Å². The van der Waals surface area contributed by atoms with Crippen LogP contribution in [-0.2, 0) is 13.0 Å². The van der Waals surface area contributed by atoms with Crippen molar-refractivity contribution < 1.29 is 23.0 Å². The summed E-state index contributed by atoms with van der Waals surface area (Å²) in [5.74, 6) is 6.82. The molecule has 7 heteroatoms. The molecule has 1 aliphatic rings. The van der Waals surface area contributed by atoms with Crippen molar-refractivity contribution in [3.05, 3.63) is 71.7 Å². The molecule has 1 aliphatic heterocycles. The first kappa shape index (κ1) is 20.0. The van der Waals surface area contributed by atoms with Gasteiger partial charge in [0.05, 0.1) is 5.69 Å². The number of aryl methyl sites for hydroxylation is 1. The highest BCUT2D eigenvalue weighted by Gasteiger charge is 2.31. The average Bonchev–Trinajstić information content (AvgIpc) is 3.15. The fourth-order valence-corrected chi connectivity index (χ4v) is 3.44. The van der Waals surface area contributed by atoms with Crippen LogP contribution in [0.15, 0.2) is 54.7 Å². The van der Waals surface area contributed by atoms with Crippen molar-refractivity contribution in [1.82, 2.24) is 9.55 Å². The van der Waals surface area contributed by atoms with E-state index < -0.39 is 6.36 Å². The van der Waals surface area contributed by atoms with Gasteiger partial charge >= 0.3 is 6.36 Å². The molecule has 154 valence electrons. The van der Waals surface area contributed by atoms with Gasteiger partial charge in [0.25, 0.3) is 0 Å². The van der Waals surface area contributed by atoms with E-state index in [1.165, 1.54) is 18.2 Å². The number of benzene rings is 2. The van der Waals surface area contributed by atoms with Gasteiger partial charge < -0.3 is 14.4 Å². The molecule has 2 heterocycles.